The van der Waals surface area contributed by atoms with E-state index in [9.17, 15) is 17.6 Å². The fourth-order valence-corrected chi connectivity index (χ4v) is 6.75. The Morgan fingerprint density at radius 1 is 1.03 bits per heavy atom. The molecule has 172 valence electrons. The number of benzene rings is 2. The van der Waals surface area contributed by atoms with Gasteiger partial charge in [0, 0.05) is 37.2 Å². The van der Waals surface area contributed by atoms with Crippen LogP contribution in [0.2, 0.25) is 0 Å². The lowest BCUT2D eigenvalue weighted by Crippen LogP contribution is -2.45. The Hall–Kier alpha value is -2.25. The number of aryl methyl sites for hydroxylation is 3. The maximum atomic E-state index is 14.2. The highest BCUT2D eigenvalue weighted by molar-refractivity contribution is 7.89. The first kappa shape index (κ1) is 22.9. The molecule has 7 heteroatoms. The van der Waals surface area contributed by atoms with Gasteiger partial charge in [-0.1, -0.05) is 35.9 Å². The molecule has 1 aliphatic heterocycles. The number of sulfonamides is 1. The van der Waals surface area contributed by atoms with Crippen molar-refractivity contribution in [3.8, 4) is 0 Å². The summed E-state index contributed by atoms with van der Waals surface area (Å²) in [5.74, 6) is -0.500. The smallest absolute Gasteiger partial charge is 0.243 e. The molecule has 5 nitrogen and oxygen atoms in total. The molecule has 2 aromatic rings. The zero-order chi connectivity index (χ0) is 23.0. The summed E-state index contributed by atoms with van der Waals surface area (Å²) in [6, 6.07) is 10.5. The molecule has 0 bridgehead atoms. The van der Waals surface area contributed by atoms with Crippen LogP contribution in [0.5, 0.6) is 0 Å². The van der Waals surface area contributed by atoms with E-state index < -0.39 is 10.0 Å². The number of hydrogen-bond acceptors (Lipinski definition) is 3. The molecule has 2 aromatic carbocycles. The topological polar surface area (TPSA) is 57.7 Å². The summed E-state index contributed by atoms with van der Waals surface area (Å²) in [6.45, 7) is 6.54. The Kier molecular flexibility index (Phi) is 6.41. The van der Waals surface area contributed by atoms with Gasteiger partial charge in [-0.15, -0.1) is 0 Å². The molecule has 1 amide bonds. The Morgan fingerprint density at radius 2 is 1.62 bits per heavy atom. The SMILES string of the molecule is Cc1cc(C)c(S(=O)(=O)N2CCC(C(=O)N(Cc3ccccc3F)C3CC3)CC2)c(C)c1. The maximum Gasteiger partial charge on any atom is 0.243 e. The van der Waals surface area contributed by atoms with E-state index in [0.717, 1.165) is 29.5 Å². The van der Waals surface area contributed by atoms with Crippen molar-refractivity contribution >= 4 is 15.9 Å². The summed E-state index contributed by atoms with van der Waals surface area (Å²) in [6.07, 6.45) is 2.86. The predicted octanol–water partition coefficient (Wildman–Crippen LogP) is 4.34. The highest BCUT2D eigenvalue weighted by Crippen LogP contribution is 2.34. The molecule has 32 heavy (non-hydrogen) atoms. The molecule has 1 aliphatic carbocycles. The van der Waals surface area contributed by atoms with Gasteiger partial charge in [0.1, 0.15) is 5.82 Å². The molecule has 4 rings (SSSR count). The molecule has 0 atom stereocenters. The van der Waals surface area contributed by atoms with Gasteiger partial charge in [0.05, 0.1) is 4.90 Å². The van der Waals surface area contributed by atoms with Crippen molar-refractivity contribution in [1.82, 2.24) is 9.21 Å². The number of amides is 1. The van der Waals surface area contributed by atoms with E-state index in [1.54, 1.807) is 18.2 Å². The normalized spacial score (nSPS) is 18.0. The van der Waals surface area contributed by atoms with Crippen LogP contribution in [0.25, 0.3) is 0 Å². The first-order chi connectivity index (χ1) is 15.2. The van der Waals surface area contributed by atoms with E-state index >= 15 is 0 Å². The standard InChI is InChI=1S/C25H31FN2O3S/c1-17-14-18(2)24(19(3)15-17)32(30,31)27-12-10-20(11-13-27)25(29)28(22-8-9-22)16-21-6-4-5-7-23(21)26/h4-7,14-15,20,22H,8-13,16H2,1-3H3. The molecular weight excluding hydrogens is 427 g/mol. The van der Waals surface area contributed by atoms with E-state index in [-0.39, 0.29) is 30.2 Å². The van der Waals surface area contributed by atoms with Gasteiger partial charge in [0.25, 0.3) is 0 Å². The van der Waals surface area contributed by atoms with Crippen LogP contribution in [-0.2, 0) is 21.4 Å². The van der Waals surface area contributed by atoms with E-state index in [1.807, 2.05) is 37.8 Å². The number of nitrogens with zero attached hydrogens (tertiary/aromatic N) is 2. The van der Waals surface area contributed by atoms with Gasteiger partial charge in [-0.3, -0.25) is 4.79 Å². The van der Waals surface area contributed by atoms with Crippen LogP contribution >= 0.6 is 0 Å². The quantitative estimate of drug-likeness (QED) is 0.647. The second kappa shape index (κ2) is 8.94. The third kappa shape index (κ3) is 4.59. The van der Waals surface area contributed by atoms with Crippen molar-refractivity contribution in [3.63, 3.8) is 0 Å². The summed E-state index contributed by atoms with van der Waals surface area (Å²) in [4.78, 5) is 15.5. The summed E-state index contributed by atoms with van der Waals surface area (Å²) >= 11 is 0. The van der Waals surface area contributed by atoms with Gasteiger partial charge >= 0.3 is 0 Å². The molecule has 0 aromatic heterocycles. The Labute approximate surface area is 190 Å². The predicted molar refractivity (Wildman–Crippen MR) is 122 cm³/mol. The number of carbonyl (C=O) groups excluding carboxylic acids is 1. The Bertz CT molecular complexity index is 1100. The van der Waals surface area contributed by atoms with Gasteiger partial charge in [-0.25, -0.2) is 12.8 Å². The lowest BCUT2D eigenvalue weighted by molar-refractivity contribution is -0.138. The van der Waals surface area contributed by atoms with Gasteiger partial charge < -0.3 is 4.90 Å². The molecular formula is C25H31FN2O3S. The van der Waals surface area contributed by atoms with Crippen molar-refractivity contribution in [2.24, 2.45) is 5.92 Å². The second-order valence-corrected chi connectivity index (χ2v) is 11.1. The fraction of sp³-hybridized carbons (Fsp3) is 0.480. The van der Waals surface area contributed by atoms with E-state index in [0.29, 0.717) is 36.4 Å². The largest absolute Gasteiger partial charge is 0.335 e. The molecule has 0 N–H and O–H groups in total. The van der Waals surface area contributed by atoms with Crippen LogP contribution in [0.4, 0.5) is 4.39 Å². The molecule has 1 heterocycles. The number of carbonyl (C=O) groups is 1. The van der Waals surface area contributed by atoms with E-state index in [1.165, 1.54) is 10.4 Å². The zero-order valence-corrected chi connectivity index (χ0v) is 19.8. The van der Waals surface area contributed by atoms with Gasteiger partial charge in [0.2, 0.25) is 15.9 Å². The Balaban J connectivity index is 1.46. The Morgan fingerprint density at radius 3 is 2.19 bits per heavy atom. The monoisotopic (exact) mass is 458 g/mol. The fourth-order valence-electron chi connectivity index (χ4n) is 4.86. The van der Waals surface area contributed by atoms with E-state index in [4.69, 9.17) is 0 Å². The lowest BCUT2D eigenvalue weighted by Gasteiger charge is -2.34. The summed E-state index contributed by atoms with van der Waals surface area (Å²) in [7, 11) is -3.61. The summed E-state index contributed by atoms with van der Waals surface area (Å²) in [5, 5.41) is 0. The molecule has 2 fully saturated rings. The number of rotatable bonds is 6. The minimum atomic E-state index is -3.61. The first-order valence-corrected chi connectivity index (χ1v) is 12.7. The highest BCUT2D eigenvalue weighted by atomic mass is 32.2. The average Bonchev–Trinajstić information content (AvgIpc) is 3.57. The van der Waals surface area contributed by atoms with Crippen LogP contribution in [0, 0.1) is 32.5 Å². The van der Waals surface area contributed by atoms with Crippen LogP contribution in [0.1, 0.15) is 47.9 Å². The summed E-state index contributed by atoms with van der Waals surface area (Å²) in [5.41, 5.74) is 3.08. The van der Waals surface area contributed by atoms with Gasteiger partial charge in [-0.05, 0) is 63.6 Å². The molecule has 0 unspecified atom stereocenters. The molecule has 0 spiro atoms. The van der Waals surface area contributed by atoms with Crippen molar-refractivity contribution in [1.29, 1.82) is 0 Å². The minimum absolute atomic E-state index is 0.0236. The van der Waals surface area contributed by atoms with Crippen LogP contribution in [0.3, 0.4) is 0 Å². The maximum absolute atomic E-state index is 14.2. The molecule has 1 saturated heterocycles. The van der Waals surface area contributed by atoms with Crippen molar-refractivity contribution in [2.45, 2.75) is 63.9 Å². The number of piperidine rings is 1. The lowest BCUT2D eigenvalue weighted by atomic mass is 9.96. The van der Waals surface area contributed by atoms with Crippen LogP contribution in [-0.4, -0.2) is 42.7 Å². The van der Waals surface area contributed by atoms with E-state index in [2.05, 4.69) is 0 Å². The third-order valence-corrected chi connectivity index (χ3v) is 8.78. The molecule has 2 aliphatic rings. The van der Waals surface area contributed by atoms with Crippen LogP contribution < -0.4 is 0 Å². The summed E-state index contributed by atoms with van der Waals surface area (Å²) < 4.78 is 42.3. The zero-order valence-electron chi connectivity index (χ0n) is 19.0. The average molecular weight is 459 g/mol. The highest BCUT2D eigenvalue weighted by Gasteiger charge is 2.39. The minimum Gasteiger partial charge on any atom is -0.335 e. The molecule has 0 radical (unpaired) electrons. The van der Waals surface area contributed by atoms with Crippen LogP contribution in [0.15, 0.2) is 41.3 Å². The third-order valence-electron chi connectivity index (χ3n) is 6.57. The van der Waals surface area contributed by atoms with Crippen molar-refractivity contribution in [3.05, 3.63) is 64.5 Å². The second-order valence-electron chi connectivity index (χ2n) is 9.19. The number of hydrogen-bond donors (Lipinski definition) is 0. The van der Waals surface area contributed by atoms with Gasteiger partial charge in [0.15, 0.2) is 0 Å². The van der Waals surface area contributed by atoms with Crippen molar-refractivity contribution in [2.75, 3.05) is 13.1 Å². The number of halogens is 1. The van der Waals surface area contributed by atoms with Crippen molar-refractivity contribution < 1.29 is 17.6 Å². The first-order valence-electron chi connectivity index (χ1n) is 11.3. The molecule has 1 saturated carbocycles. The van der Waals surface area contributed by atoms with Gasteiger partial charge in [-0.2, -0.15) is 4.31 Å².